The normalized spacial score (nSPS) is 7.56. The summed E-state index contributed by atoms with van der Waals surface area (Å²) in [5, 5.41) is 0. The predicted molar refractivity (Wildman–Crippen MR) is 65.0 cm³/mol. The van der Waals surface area contributed by atoms with E-state index in [0.29, 0.717) is 0 Å². The summed E-state index contributed by atoms with van der Waals surface area (Å²) < 4.78 is 3.97. The third-order valence-electron chi connectivity index (χ3n) is 1.23. The van der Waals surface area contributed by atoms with Gasteiger partial charge in [-0.2, -0.15) is 0 Å². The van der Waals surface area contributed by atoms with Crippen LogP contribution < -0.4 is 0 Å². The molecule has 0 spiro atoms. The van der Waals surface area contributed by atoms with Gasteiger partial charge in [-0.25, -0.2) is 0 Å². The molecule has 1 aromatic rings. The van der Waals surface area contributed by atoms with E-state index in [4.69, 9.17) is 0 Å². The van der Waals surface area contributed by atoms with Gasteiger partial charge in [0.25, 0.3) is 0 Å². The molecule has 16 heavy (non-hydrogen) atoms. The summed E-state index contributed by atoms with van der Waals surface area (Å²) >= 11 is 0. The lowest BCUT2D eigenvalue weighted by Crippen LogP contribution is -2.03. The van der Waals surface area contributed by atoms with E-state index >= 15 is 0 Å². The fraction of sp³-hybridized carbons (Fsp3) is 0.385. The van der Waals surface area contributed by atoms with Crippen LogP contribution in [0, 0.1) is 6.92 Å². The molecule has 0 radical (unpaired) electrons. The van der Waals surface area contributed by atoms with Crippen molar-refractivity contribution >= 4 is 11.9 Å². The molecule has 0 amide bonds. The van der Waals surface area contributed by atoms with Crippen LogP contribution in [0.2, 0.25) is 0 Å². The molecular formula is C13H20O3. The number of carbonyl (C=O) groups is 2. The van der Waals surface area contributed by atoms with Crippen LogP contribution in [0.5, 0.6) is 0 Å². The molecule has 1 aromatic carbocycles. The number of carbonyl (C=O) groups excluding carboxylic acids is 2. The standard InChI is InChI=1S/C7H8.C4H6O3.C2H6/c1-7-5-3-2-4-6-7;1-3(5)7-4(2)6;1-2/h2-6H,1H3;1-2H3;1-2H3. The number of hydrogen-bond donors (Lipinski definition) is 0. The Hall–Kier alpha value is -1.64. The third-order valence-corrected chi connectivity index (χ3v) is 1.23. The summed E-state index contributed by atoms with van der Waals surface area (Å²) in [5.74, 6) is -1.12. The van der Waals surface area contributed by atoms with Crippen molar-refractivity contribution in [2.24, 2.45) is 0 Å². The van der Waals surface area contributed by atoms with E-state index in [1.807, 2.05) is 32.0 Å². The van der Waals surface area contributed by atoms with Crippen LogP contribution in [0.1, 0.15) is 33.3 Å². The largest absolute Gasteiger partial charge is 0.394 e. The molecule has 0 aromatic heterocycles. The van der Waals surface area contributed by atoms with Crippen LogP contribution in [-0.2, 0) is 14.3 Å². The van der Waals surface area contributed by atoms with Gasteiger partial charge in [-0.1, -0.05) is 49.7 Å². The second kappa shape index (κ2) is 11.4. The van der Waals surface area contributed by atoms with Crippen molar-refractivity contribution < 1.29 is 14.3 Å². The van der Waals surface area contributed by atoms with Gasteiger partial charge < -0.3 is 4.74 Å². The fourth-order valence-electron chi connectivity index (χ4n) is 0.737. The lowest BCUT2D eigenvalue weighted by molar-refractivity contribution is -0.156. The van der Waals surface area contributed by atoms with E-state index in [1.54, 1.807) is 0 Å². The zero-order valence-electron chi connectivity index (χ0n) is 10.6. The topological polar surface area (TPSA) is 43.4 Å². The van der Waals surface area contributed by atoms with Crippen molar-refractivity contribution in [3.8, 4) is 0 Å². The van der Waals surface area contributed by atoms with Gasteiger partial charge in [-0.15, -0.1) is 0 Å². The Morgan fingerprint density at radius 2 is 1.31 bits per heavy atom. The van der Waals surface area contributed by atoms with E-state index in [-0.39, 0.29) is 0 Å². The Kier molecular flexibility index (Phi) is 12.0. The van der Waals surface area contributed by atoms with Gasteiger partial charge in [0, 0.05) is 13.8 Å². The van der Waals surface area contributed by atoms with Gasteiger partial charge >= 0.3 is 11.9 Å². The quantitative estimate of drug-likeness (QED) is 0.502. The summed E-state index contributed by atoms with van der Waals surface area (Å²) in [7, 11) is 0. The molecule has 0 heterocycles. The molecule has 0 saturated carbocycles. The molecule has 3 nitrogen and oxygen atoms in total. The van der Waals surface area contributed by atoms with Gasteiger partial charge in [0.05, 0.1) is 0 Å². The first-order valence-electron chi connectivity index (χ1n) is 5.23. The number of aryl methyl sites for hydroxylation is 1. The van der Waals surface area contributed by atoms with Gasteiger partial charge in [-0.05, 0) is 6.92 Å². The van der Waals surface area contributed by atoms with E-state index in [9.17, 15) is 9.59 Å². The number of ether oxygens (including phenoxy) is 1. The maximum atomic E-state index is 9.81. The second-order valence-electron chi connectivity index (χ2n) is 2.74. The van der Waals surface area contributed by atoms with Gasteiger partial charge in [0.2, 0.25) is 0 Å². The maximum absolute atomic E-state index is 9.81. The zero-order valence-corrected chi connectivity index (χ0v) is 10.6. The minimum atomic E-state index is -0.562. The Bertz CT molecular complexity index is 279. The van der Waals surface area contributed by atoms with Crippen molar-refractivity contribution in [3.05, 3.63) is 35.9 Å². The summed E-state index contributed by atoms with van der Waals surface area (Å²) in [5.41, 5.74) is 1.32. The van der Waals surface area contributed by atoms with Crippen molar-refractivity contribution in [1.29, 1.82) is 0 Å². The van der Waals surface area contributed by atoms with Crippen LogP contribution in [0.4, 0.5) is 0 Å². The van der Waals surface area contributed by atoms with E-state index in [2.05, 4.69) is 23.8 Å². The molecule has 0 aliphatic carbocycles. The maximum Gasteiger partial charge on any atom is 0.310 e. The average molecular weight is 224 g/mol. The van der Waals surface area contributed by atoms with Crippen molar-refractivity contribution in [3.63, 3.8) is 0 Å². The minimum Gasteiger partial charge on any atom is -0.394 e. The average Bonchev–Trinajstić information content (AvgIpc) is 2.20. The van der Waals surface area contributed by atoms with E-state index in [1.165, 1.54) is 19.4 Å². The minimum absolute atomic E-state index is 0.562. The second-order valence-corrected chi connectivity index (χ2v) is 2.74. The van der Waals surface area contributed by atoms with E-state index < -0.39 is 11.9 Å². The Labute approximate surface area is 97.4 Å². The van der Waals surface area contributed by atoms with Crippen molar-refractivity contribution in [2.45, 2.75) is 34.6 Å². The lowest BCUT2D eigenvalue weighted by Gasteiger charge is -1.87. The zero-order chi connectivity index (χ0) is 13.0. The Morgan fingerprint density at radius 3 is 1.44 bits per heavy atom. The van der Waals surface area contributed by atoms with Crippen LogP contribution in [0.15, 0.2) is 30.3 Å². The first-order chi connectivity index (χ1) is 7.52. The molecule has 3 heteroatoms. The van der Waals surface area contributed by atoms with Crippen molar-refractivity contribution in [1.82, 2.24) is 0 Å². The monoisotopic (exact) mass is 224 g/mol. The molecule has 1 rings (SSSR count). The van der Waals surface area contributed by atoms with Crippen LogP contribution in [-0.4, -0.2) is 11.9 Å². The highest BCUT2D eigenvalue weighted by Gasteiger charge is 1.93. The highest BCUT2D eigenvalue weighted by molar-refractivity contribution is 5.82. The van der Waals surface area contributed by atoms with Gasteiger partial charge in [0.15, 0.2) is 0 Å². The summed E-state index contributed by atoms with van der Waals surface area (Å²) in [6.07, 6.45) is 0. The Morgan fingerprint density at radius 1 is 0.938 bits per heavy atom. The fourth-order valence-corrected chi connectivity index (χ4v) is 0.737. The third kappa shape index (κ3) is 14.9. The number of rotatable bonds is 0. The molecule has 0 saturated heterocycles. The molecule has 0 aliphatic heterocycles. The number of hydrogen-bond acceptors (Lipinski definition) is 3. The highest BCUT2D eigenvalue weighted by atomic mass is 16.6. The summed E-state index contributed by atoms with van der Waals surface area (Å²) in [6, 6.07) is 10.3. The summed E-state index contributed by atoms with van der Waals surface area (Å²) in [6.45, 7) is 8.45. The number of benzene rings is 1. The first-order valence-corrected chi connectivity index (χ1v) is 5.23. The molecule has 0 N–H and O–H groups in total. The first kappa shape index (κ1) is 16.8. The number of esters is 2. The molecular weight excluding hydrogens is 204 g/mol. The smallest absolute Gasteiger partial charge is 0.310 e. The molecule has 0 fully saturated rings. The Balaban J connectivity index is 0. The highest BCUT2D eigenvalue weighted by Crippen LogP contribution is 1.92. The SMILES string of the molecule is CC.CC(=O)OC(C)=O.Cc1ccccc1. The van der Waals surface area contributed by atoms with Gasteiger partial charge in [-0.3, -0.25) is 9.59 Å². The summed E-state index contributed by atoms with van der Waals surface area (Å²) in [4.78, 5) is 19.6. The molecule has 90 valence electrons. The molecule has 0 bridgehead atoms. The van der Waals surface area contributed by atoms with Crippen LogP contribution >= 0.6 is 0 Å². The molecule has 0 atom stereocenters. The predicted octanol–water partition coefficient (Wildman–Crippen LogP) is 3.12. The van der Waals surface area contributed by atoms with E-state index in [0.717, 1.165) is 0 Å². The molecule has 0 aliphatic rings. The molecule has 0 unspecified atom stereocenters. The van der Waals surface area contributed by atoms with Gasteiger partial charge in [0.1, 0.15) is 0 Å². The van der Waals surface area contributed by atoms with Crippen LogP contribution in [0.3, 0.4) is 0 Å². The van der Waals surface area contributed by atoms with Crippen molar-refractivity contribution in [2.75, 3.05) is 0 Å². The van der Waals surface area contributed by atoms with Crippen LogP contribution in [0.25, 0.3) is 0 Å². The lowest BCUT2D eigenvalue weighted by atomic mass is 10.2.